The van der Waals surface area contributed by atoms with Gasteiger partial charge in [-0.25, -0.2) is 0 Å². The average molecular weight is 887 g/mol. The van der Waals surface area contributed by atoms with E-state index in [1.807, 2.05) is 6.92 Å². The molecule has 4 saturated heterocycles. The minimum absolute atomic E-state index is 0.00392. The molecule has 10 N–H and O–H groups in total. The molecule has 0 amide bonds. The first-order chi connectivity index (χ1) is 29.3. The van der Waals surface area contributed by atoms with Crippen molar-refractivity contribution in [3.05, 3.63) is 11.6 Å². The maximum atomic E-state index is 12.0. The maximum Gasteiger partial charge on any atom is 0.187 e. The molecule has 4 aliphatic carbocycles. The van der Waals surface area contributed by atoms with Gasteiger partial charge in [0.25, 0.3) is 0 Å². The minimum atomic E-state index is -1.72. The highest BCUT2D eigenvalue weighted by molar-refractivity contribution is 5.26. The molecule has 0 radical (unpaired) electrons. The summed E-state index contributed by atoms with van der Waals surface area (Å²) in [6, 6.07) is 0. The van der Waals surface area contributed by atoms with E-state index >= 15 is 0 Å². The first-order valence-corrected chi connectivity index (χ1v) is 23.3. The van der Waals surface area contributed by atoms with Crippen LogP contribution < -0.4 is 0 Å². The van der Waals surface area contributed by atoms with E-state index in [4.69, 9.17) is 33.2 Å². The fourth-order valence-corrected chi connectivity index (χ4v) is 13.5. The number of aliphatic hydroxyl groups is 10. The SMILES string of the molecule is CC(CO)CCC1(O)OC2CC3C4CC=C5CC(OC6OC(CO)C(OC7OC(C)C(O)C(O)C7O)C(O)C6OC6OC(C)C(O)C(O)C6O)CCC5(C)C4CCC3(C)C2C1C. The van der Waals surface area contributed by atoms with Crippen molar-refractivity contribution in [2.24, 2.45) is 46.3 Å². The summed E-state index contributed by atoms with van der Waals surface area (Å²) in [5.74, 6) is 0.570. The summed E-state index contributed by atoms with van der Waals surface area (Å²) in [6.45, 7) is 11.4. The van der Waals surface area contributed by atoms with Crippen LogP contribution in [-0.2, 0) is 33.2 Å². The lowest BCUT2D eigenvalue weighted by Crippen LogP contribution is -2.66. The van der Waals surface area contributed by atoms with E-state index in [1.54, 1.807) is 0 Å². The molecule has 17 heteroatoms. The first-order valence-electron chi connectivity index (χ1n) is 23.3. The lowest BCUT2D eigenvalue weighted by molar-refractivity contribution is -0.388. The van der Waals surface area contributed by atoms with E-state index in [0.717, 1.165) is 32.1 Å². The van der Waals surface area contributed by atoms with Crippen LogP contribution in [0.1, 0.15) is 99.3 Å². The summed E-state index contributed by atoms with van der Waals surface area (Å²) in [7, 11) is 0. The molecule has 7 fully saturated rings. The van der Waals surface area contributed by atoms with Crippen LogP contribution in [0.4, 0.5) is 0 Å². The summed E-state index contributed by atoms with van der Waals surface area (Å²) in [5, 5.41) is 107. The van der Waals surface area contributed by atoms with Crippen molar-refractivity contribution in [2.45, 2.75) is 209 Å². The second-order valence-electron chi connectivity index (χ2n) is 21.0. The Morgan fingerprint density at radius 1 is 0.742 bits per heavy atom. The van der Waals surface area contributed by atoms with Gasteiger partial charge in [0.05, 0.1) is 31.0 Å². The van der Waals surface area contributed by atoms with E-state index in [9.17, 15) is 51.1 Å². The second-order valence-corrected chi connectivity index (χ2v) is 21.0. The van der Waals surface area contributed by atoms with E-state index in [0.29, 0.717) is 43.4 Å². The standard InChI is InChI=1S/C45H74O17/c1-19(17-46)9-14-45(55)20(2)30-28(62-45)16-27-25-8-7-23-15-24(10-12-43(23,5)26(25)11-13-44(27,30)6)58-42-39(61-41-36(53)34(51)32(49)22(4)57-41)37(54)38(29(18-47)59-42)60-40-35(52)33(50)31(48)21(3)56-40/h7,19-22,24-42,46-55H,8-18H2,1-6H3. The Kier molecular flexibility index (Phi) is 13.8. The Bertz CT molecular complexity index is 1590. The van der Waals surface area contributed by atoms with Gasteiger partial charge in [-0.1, -0.05) is 39.3 Å². The third-order valence-electron chi connectivity index (χ3n) is 17.4. The van der Waals surface area contributed by atoms with Crippen molar-refractivity contribution in [3.63, 3.8) is 0 Å². The zero-order valence-corrected chi connectivity index (χ0v) is 37.0. The number of hydrogen-bond donors (Lipinski definition) is 10. The molecule has 26 unspecified atom stereocenters. The molecule has 356 valence electrons. The minimum Gasteiger partial charge on any atom is -0.396 e. The molecular formula is C45H74O17. The van der Waals surface area contributed by atoms with Crippen LogP contribution in [0.3, 0.4) is 0 Å². The second kappa shape index (κ2) is 17.9. The first kappa shape index (κ1) is 47.5. The highest BCUT2D eigenvalue weighted by Gasteiger charge is 2.68. The third kappa shape index (κ3) is 8.07. The number of aliphatic hydroxyl groups excluding tert-OH is 9. The van der Waals surface area contributed by atoms with Crippen LogP contribution in [0, 0.1) is 46.3 Å². The average Bonchev–Trinajstić information content (AvgIpc) is 3.68. The highest BCUT2D eigenvalue weighted by Crippen LogP contribution is 2.70. The topological polar surface area (TPSA) is 267 Å². The monoisotopic (exact) mass is 886 g/mol. The molecule has 0 bridgehead atoms. The van der Waals surface area contributed by atoms with E-state index in [-0.39, 0.29) is 41.3 Å². The van der Waals surface area contributed by atoms with Gasteiger partial charge in [-0.3, -0.25) is 0 Å². The number of rotatable bonds is 11. The number of hydrogen-bond acceptors (Lipinski definition) is 17. The molecule has 0 spiro atoms. The molecular weight excluding hydrogens is 812 g/mol. The van der Waals surface area contributed by atoms with Crippen LogP contribution in [0.25, 0.3) is 0 Å². The number of fused-ring (bicyclic) bond motifs is 7. The van der Waals surface area contributed by atoms with Gasteiger partial charge in [-0.2, -0.15) is 0 Å². The maximum absolute atomic E-state index is 12.0. The summed E-state index contributed by atoms with van der Waals surface area (Å²) in [4.78, 5) is 0. The summed E-state index contributed by atoms with van der Waals surface area (Å²) in [5.41, 5.74) is 1.27. The van der Waals surface area contributed by atoms with Crippen molar-refractivity contribution in [1.82, 2.24) is 0 Å². The third-order valence-corrected chi connectivity index (χ3v) is 17.4. The molecule has 8 rings (SSSR count). The van der Waals surface area contributed by atoms with Crippen molar-refractivity contribution < 1.29 is 84.2 Å². The van der Waals surface area contributed by atoms with Crippen molar-refractivity contribution in [1.29, 1.82) is 0 Å². The molecule has 0 aromatic carbocycles. The normalized spacial score (nSPS) is 55.7. The molecule has 17 nitrogen and oxygen atoms in total. The molecule has 26 atom stereocenters. The van der Waals surface area contributed by atoms with Crippen molar-refractivity contribution in [2.75, 3.05) is 13.2 Å². The predicted octanol–water partition coefficient (Wildman–Crippen LogP) is 0.196. The van der Waals surface area contributed by atoms with Gasteiger partial charge in [-0.15, -0.1) is 0 Å². The highest BCUT2D eigenvalue weighted by atomic mass is 16.8. The largest absolute Gasteiger partial charge is 0.396 e. The van der Waals surface area contributed by atoms with Crippen molar-refractivity contribution in [3.8, 4) is 0 Å². The van der Waals surface area contributed by atoms with Gasteiger partial charge in [0.15, 0.2) is 24.7 Å². The van der Waals surface area contributed by atoms with E-state index in [1.165, 1.54) is 19.4 Å². The summed E-state index contributed by atoms with van der Waals surface area (Å²) in [6.07, 6.45) is -12.4. The van der Waals surface area contributed by atoms with Gasteiger partial charge >= 0.3 is 0 Å². The Balaban J connectivity index is 0.982. The van der Waals surface area contributed by atoms with Crippen LogP contribution in [-0.4, -0.2) is 174 Å². The zero-order valence-electron chi connectivity index (χ0n) is 37.0. The fraction of sp³-hybridized carbons (Fsp3) is 0.956. The lowest BCUT2D eigenvalue weighted by Gasteiger charge is -2.58. The van der Waals surface area contributed by atoms with Gasteiger partial charge in [0.1, 0.15) is 61.0 Å². The van der Waals surface area contributed by atoms with E-state index < -0.39 is 111 Å². The lowest BCUT2D eigenvalue weighted by atomic mass is 9.47. The smallest absolute Gasteiger partial charge is 0.187 e. The molecule has 4 heterocycles. The number of ether oxygens (including phenoxy) is 7. The Labute approximate surface area is 364 Å². The van der Waals surface area contributed by atoms with Gasteiger partial charge in [-0.05, 0) is 106 Å². The molecule has 62 heavy (non-hydrogen) atoms. The fourth-order valence-electron chi connectivity index (χ4n) is 13.5. The summed E-state index contributed by atoms with van der Waals surface area (Å²) < 4.78 is 43.1. The number of allylic oxidation sites excluding steroid dienone is 1. The molecule has 0 aromatic rings. The summed E-state index contributed by atoms with van der Waals surface area (Å²) >= 11 is 0. The van der Waals surface area contributed by atoms with Gasteiger partial charge in [0, 0.05) is 18.9 Å². The van der Waals surface area contributed by atoms with Crippen LogP contribution >= 0.6 is 0 Å². The van der Waals surface area contributed by atoms with Gasteiger partial charge in [0.2, 0.25) is 0 Å². The van der Waals surface area contributed by atoms with Gasteiger partial charge < -0.3 is 84.2 Å². The van der Waals surface area contributed by atoms with Crippen LogP contribution in [0.5, 0.6) is 0 Å². The molecule has 4 aliphatic heterocycles. The van der Waals surface area contributed by atoms with E-state index in [2.05, 4.69) is 26.8 Å². The quantitative estimate of drug-likeness (QED) is 0.124. The zero-order chi connectivity index (χ0) is 44.8. The molecule has 3 saturated carbocycles. The predicted molar refractivity (Wildman–Crippen MR) is 216 cm³/mol. The van der Waals surface area contributed by atoms with Crippen LogP contribution in [0.2, 0.25) is 0 Å². The Morgan fingerprint density at radius 2 is 1.37 bits per heavy atom. The Morgan fingerprint density at radius 3 is 1.98 bits per heavy atom. The molecule has 0 aromatic heterocycles. The van der Waals surface area contributed by atoms with Crippen molar-refractivity contribution >= 4 is 0 Å². The Hall–Kier alpha value is -0.940. The molecule has 8 aliphatic rings. The van der Waals surface area contributed by atoms with Crippen LogP contribution in [0.15, 0.2) is 11.6 Å².